The fraction of sp³-hybridized carbons (Fsp3) is 0.471. The van der Waals surface area contributed by atoms with Gasteiger partial charge in [-0.1, -0.05) is 24.3 Å². The van der Waals surface area contributed by atoms with Crippen molar-refractivity contribution in [2.45, 2.75) is 51.2 Å². The number of hydrogen-bond acceptors (Lipinski definition) is 2. The summed E-state index contributed by atoms with van der Waals surface area (Å²) in [5.74, 6) is 0. The van der Waals surface area contributed by atoms with E-state index in [4.69, 9.17) is 0 Å². The Morgan fingerprint density at radius 1 is 1.30 bits per heavy atom. The van der Waals surface area contributed by atoms with Crippen molar-refractivity contribution in [2.24, 2.45) is 0 Å². The smallest absolute Gasteiger partial charge is 0.0489 e. The van der Waals surface area contributed by atoms with Crippen molar-refractivity contribution in [1.82, 2.24) is 15.1 Å². The van der Waals surface area contributed by atoms with E-state index in [0.717, 1.165) is 13.0 Å². The van der Waals surface area contributed by atoms with Crippen LogP contribution in [-0.4, -0.2) is 15.8 Å². The van der Waals surface area contributed by atoms with Crippen LogP contribution in [0.4, 0.5) is 0 Å². The molecular weight excluding hydrogens is 246 g/mol. The highest BCUT2D eigenvalue weighted by molar-refractivity contribution is 5.37. The fourth-order valence-corrected chi connectivity index (χ4v) is 3.03. The highest BCUT2D eigenvalue weighted by Crippen LogP contribution is 2.47. The van der Waals surface area contributed by atoms with E-state index < -0.39 is 0 Å². The third kappa shape index (κ3) is 2.78. The molecule has 1 fully saturated rings. The first-order chi connectivity index (χ1) is 9.70. The Morgan fingerprint density at radius 3 is 2.75 bits per heavy atom. The zero-order valence-corrected chi connectivity index (χ0v) is 12.3. The molecule has 0 saturated heterocycles. The largest absolute Gasteiger partial charge is 0.305 e. The SMILES string of the molecule is Cc1ccccc1C1(NC(C)CCn2cccn2)CC1. The molecule has 1 aromatic carbocycles. The Balaban J connectivity index is 1.61. The van der Waals surface area contributed by atoms with Gasteiger partial charge in [-0.2, -0.15) is 5.10 Å². The van der Waals surface area contributed by atoms with Crippen LogP contribution >= 0.6 is 0 Å². The predicted molar refractivity (Wildman–Crippen MR) is 81.5 cm³/mol. The van der Waals surface area contributed by atoms with Crippen LogP contribution in [0, 0.1) is 6.92 Å². The molecule has 1 aromatic heterocycles. The molecule has 0 amide bonds. The molecule has 106 valence electrons. The topological polar surface area (TPSA) is 29.9 Å². The molecule has 1 heterocycles. The normalized spacial score (nSPS) is 17.9. The van der Waals surface area contributed by atoms with Crippen molar-refractivity contribution in [1.29, 1.82) is 0 Å². The summed E-state index contributed by atoms with van der Waals surface area (Å²) in [6, 6.07) is 11.2. The van der Waals surface area contributed by atoms with Gasteiger partial charge in [-0.15, -0.1) is 0 Å². The molecule has 1 unspecified atom stereocenters. The number of hydrogen-bond donors (Lipinski definition) is 1. The summed E-state index contributed by atoms with van der Waals surface area (Å²) in [6.07, 6.45) is 7.48. The molecular formula is C17H23N3. The molecule has 3 nitrogen and oxygen atoms in total. The molecule has 20 heavy (non-hydrogen) atoms. The summed E-state index contributed by atoms with van der Waals surface area (Å²) in [4.78, 5) is 0. The minimum atomic E-state index is 0.231. The van der Waals surface area contributed by atoms with E-state index in [1.165, 1.54) is 24.0 Å². The Bertz CT molecular complexity index is 555. The fourth-order valence-electron chi connectivity index (χ4n) is 3.03. The number of aryl methyl sites for hydroxylation is 2. The summed E-state index contributed by atoms with van der Waals surface area (Å²) < 4.78 is 2.01. The van der Waals surface area contributed by atoms with Crippen LogP contribution in [0.25, 0.3) is 0 Å². The van der Waals surface area contributed by atoms with Crippen LogP contribution in [0.3, 0.4) is 0 Å². The third-order valence-corrected chi connectivity index (χ3v) is 4.28. The first-order valence-electron chi connectivity index (χ1n) is 7.51. The van der Waals surface area contributed by atoms with Gasteiger partial charge < -0.3 is 5.32 Å². The monoisotopic (exact) mass is 269 g/mol. The quantitative estimate of drug-likeness (QED) is 0.872. The van der Waals surface area contributed by atoms with E-state index in [-0.39, 0.29) is 5.54 Å². The molecule has 1 atom stereocenters. The van der Waals surface area contributed by atoms with Gasteiger partial charge in [0.1, 0.15) is 0 Å². The third-order valence-electron chi connectivity index (χ3n) is 4.28. The van der Waals surface area contributed by atoms with Gasteiger partial charge in [-0.05, 0) is 50.3 Å². The van der Waals surface area contributed by atoms with Crippen LogP contribution in [-0.2, 0) is 12.1 Å². The van der Waals surface area contributed by atoms with Gasteiger partial charge in [0, 0.05) is 30.5 Å². The molecule has 2 aromatic rings. The van der Waals surface area contributed by atoms with E-state index in [0.29, 0.717) is 6.04 Å². The van der Waals surface area contributed by atoms with Crippen LogP contribution in [0.1, 0.15) is 37.3 Å². The van der Waals surface area contributed by atoms with Crippen molar-refractivity contribution in [3.05, 3.63) is 53.9 Å². The minimum absolute atomic E-state index is 0.231. The van der Waals surface area contributed by atoms with Crippen molar-refractivity contribution in [2.75, 3.05) is 0 Å². The summed E-state index contributed by atoms with van der Waals surface area (Å²) in [5, 5.41) is 8.11. The number of aromatic nitrogens is 2. The van der Waals surface area contributed by atoms with Crippen molar-refractivity contribution in [3.8, 4) is 0 Å². The minimum Gasteiger partial charge on any atom is -0.305 e. The Kier molecular flexibility index (Phi) is 3.62. The van der Waals surface area contributed by atoms with Gasteiger partial charge in [-0.3, -0.25) is 4.68 Å². The van der Waals surface area contributed by atoms with Gasteiger partial charge in [-0.25, -0.2) is 0 Å². The summed E-state index contributed by atoms with van der Waals surface area (Å²) >= 11 is 0. The Morgan fingerprint density at radius 2 is 2.10 bits per heavy atom. The van der Waals surface area contributed by atoms with E-state index in [2.05, 4.69) is 48.5 Å². The summed E-state index contributed by atoms with van der Waals surface area (Å²) in [5.41, 5.74) is 3.11. The van der Waals surface area contributed by atoms with E-state index in [9.17, 15) is 0 Å². The number of rotatable bonds is 6. The van der Waals surface area contributed by atoms with Crippen LogP contribution in [0.2, 0.25) is 0 Å². The lowest BCUT2D eigenvalue weighted by atomic mass is 9.98. The highest BCUT2D eigenvalue weighted by atomic mass is 15.3. The van der Waals surface area contributed by atoms with Crippen molar-refractivity contribution >= 4 is 0 Å². The standard InChI is InChI=1S/C17H23N3/c1-14-6-3-4-7-16(14)17(9-10-17)19-15(2)8-13-20-12-5-11-18-20/h3-7,11-12,15,19H,8-10,13H2,1-2H3. The van der Waals surface area contributed by atoms with Gasteiger partial charge in [0.25, 0.3) is 0 Å². The molecule has 0 spiro atoms. The zero-order chi connectivity index (χ0) is 14.0. The second-order valence-electron chi connectivity index (χ2n) is 6.00. The number of nitrogens with one attached hydrogen (secondary N) is 1. The van der Waals surface area contributed by atoms with E-state index in [1.807, 2.05) is 23.1 Å². The highest BCUT2D eigenvalue weighted by Gasteiger charge is 2.45. The molecule has 3 heteroatoms. The van der Waals surface area contributed by atoms with Gasteiger partial charge in [0.2, 0.25) is 0 Å². The second-order valence-corrected chi connectivity index (χ2v) is 6.00. The predicted octanol–water partition coefficient (Wildman–Crippen LogP) is 3.25. The summed E-state index contributed by atoms with van der Waals surface area (Å²) in [6.45, 7) is 5.47. The van der Waals surface area contributed by atoms with Gasteiger partial charge >= 0.3 is 0 Å². The molecule has 1 aliphatic rings. The lowest BCUT2D eigenvalue weighted by Gasteiger charge is -2.25. The number of benzene rings is 1. The average molecular weight is 269 g/mol. The van der Waals surface area contributed by atoms with Crippen LogP contribution < -0.4 is 5.32 Å². The van der Waals surface area contributed by atoms with Crippen LogP contribution in [0.5, 0.6) is 0 Å². The Labute approximate surface area is 121 Å². The maximum absolute atomic E-state index is 4.26. The molecule has 1 N–H and O–H groups in total. The molecule has 0 aliphatic heterocycles. The Hall–Kier alpha value is -1.61. The first-order valence-corrected chi connectivity index (χ1v) is 7.51. The van der Waals surface area contributed by atoms with E-state index >= 15 is 0 Å². The molecule has 1 saturated carbocycles. The van der Waals surface area contributed by atoms with Gasteiger partial charge in [0.15, 0.2) is 0 Å². The maximum Gasteiger partial charge on any atom is 0.0489 e. The zero-order valence-electron chi connectivity index (χ0n) is 12.3. The first kappa shape index (κ1) is 13.4. The summed E-state index contributed by atoms with van der Waals surface area (Å²) in [7, 11) is 0. The average Bonchev–Trinajstić information content (AvgIpc) is 3.02. The van der Waals surface area contributed by atoms with Gasteiger partial charge in [0.05, 0.1) is 0 Å². The molecule has 1 aliphatic carbocycles. The lowest BCUT2D eigenvalue weighted by molar-refractivity contribution is 0.394. The van der Waals surface area contributed by atoms with Crippen molar-refractivity contribution in [3.63, 3.8) is 0 Å². The number of nitrogens with zero attached hydrogens (tertiary/aromatic N) is 2. The lowest BCUT2D eigenvalue weighted by Crippen LogP contribution is -2.37. The molecule has 3 rings (SSSR count). The molecule has 0 bridgehead atoms. The van der Waals surface area contributed by atoms with Crippen molar-refractivity contribution < 1.29 is 0 Å². The van der Waals surface area contributed by atoms with Crippen LogP contribution in [0.15, 0.2) is 42.7 Å². The maximum atomic E-state index is 4.26. The second kappa shape index (κ2) is 5.41. The van der Waals surface area contributed by atoms with E-state index in [1.54, 1.807) is 0 Å². The molecule has 0 radical (unpaired) electrons.